The van der Waals surface area contributed by atoms with Crippen LogP contribution in [0.2, 0.25) is 0 Å². The molecule has 0 bridgehead atoms. The van der Waals surface area contributed by atoms with Gasteiger partial charge in [-0.25, -0.2) is 4.79 Å². The van der Waals surface area contributed by atoms with E-state index >= 15 is 0 Å². The monoisotopic (exact) mass is 270 g/mol. The summed E-state index contributed by atoms with van der Waals surface area (Å²) >= 11 is 0. The number of rotatable bonds is 2. The third-order valence-corrected chi connectivity index (χ3v) is 2.73. The molecule has 0 atom stereocenters. The minimum Gasteiger partial charge on any atom is -0.410 e. The molecule has 1 aromatic carbocycles. The first kappa shape index (κ1) is 14.1. The fraction of sp³-hybridized carbons (Fsp3) is 0.250. The molecule has 1 heterocycles. The van der Waals surface area contributed by atoms with E-state index in [0.717, 1.165) is 5.69 Å². The first-order chi connectivity index (χ1) is 9.45. The van der Waals surface area contributed by atoms with Crippen molar-refractivity contribution in [1.82, 2.24) is 4.98 Å². The zero-order chi connectivity index (χ0) is 14.6. The smallest absolute Gasteiger partial charge is 0.410 e. The molecule has 1 aromatic heterocycles. The predicted molar refractivity (Wildman–Crippen MR) is 79.0 cm³/mol. The molecular weight excluding hydrogens is 252 g/mol. The zero-order valence-electron chi connectivity index (χ0n) is 11.9. The first-order valence-electron chi connectivity index (χ1n) is 6.45. The summed E-state index contributed by atoms with van der Waals surface area (Å²) in [5, 5.41) is 2.65. The number of para-hydroxylation sites is 1. The molecule has 0 aliphatic heterocycles. The van der Waals surface area contributed by atoms with E-state index in [1.54, 1.807) is 18.3 Å². The highest BCUT2D eigenvalue weighted by molar-refractivity contribution is 5.85. The van der Waals surface area contributed by atoms with Crippen molar-refractivity contribution in [3.63, 3.8) is 0 Å². The molecule has 4 nitrogen and oxygen atoms in total. The third kappa shape index (κ3) is 3.82. The maximum atomic E-state index is 11.7. The van der Waals surface area contributed by atoms with Gasteiger partial charge in [0.25, 0.3) is 0 Å². The quantitative estimate of drug-likeness (QED) is 0.897. The Kier molecular flexibility index (Phi) is 4.03. The lowest BCUT2D eigenvalue weighted by molar-refractivity contribution is 0.215. The summed E-state index contributed by atoms with van der Waals surface area (Å²) in [6, 6.07) is 12.6. The summed E-state index contributed by atoms with van der Waals surface area (Å²) in [4.78, 5) is 16.0. The molecule has 0 saturated heterocycles. The van der Waals surface area contributed by atoms with Gasteiger partial charge in [0.2, 0.25) is 0 Å². The zero-order valence-corrected chi connectivity index (χ0v) is 11.9. The Labute approximate surface area is 118 Å². The van der Waals surface area contributed by atoms with Crippen LogP contribution in [0.4, 0.5) is 10.5 Å². The van der Waals surface area contributed by atoms with E-state index in [1.807, 2.05) is 30.3 Å². The Morgan fingerprint density at radius 2 is 1.80 bits per heavy atom. The lowest BCUT2D eigenvalue weighted by Crippen LogP contribution is -2.18. The molecule has 0 saturated carbocycles. The summed E-state index contributed by atoms with van der Waals surface area (Å²) in [5.41, 5.74) is 1.57. The van der Waals surface area contributed by atoms with Gasteiger partial charge in [-0.15, -0.1) is 0 Å². The van der Waals surface area contributed by atoms with Crippen molar-refractivity contribution in [3.05, 3.63) is 54.4 Å². The minimum absolute atomic E-state index is 0.0108. The van der Waals surface area contributed by atoms with E-state index in [2.05, 4.69) is 31.1 Å². The lowest BCUT2D eigenvalue weighted by Gasteiger charge is -2.17. The molecule has 0 spiro atoms. The molecule has 0 aliphatic carbocycles. The van der Waals surface area contributed by atoms with E-state index in [-0.39, 0.29) is 5.41 Å². The Hall–Kier alpha value is -2.36. The number of benzene rings is 1. The van der Waals surface area contributed by atoms with E-state index < -0.39 is 6.09 Å². The number of ether oxygens (including phenoxy) is 1. The summed E-state index contributed by atoms with van der Waals surface area (Å²) in [6.07, 6.45) is 1.11. The molecule has 2 aromatic rings. The highest BCUT2D eigenvalue weighted by Crippen LogP contribution is 2.21. The summed E-state index contributed by atoms with van der Waals surface area (Å²) in [7, 11) is 0. The second kappa shape index (κ2) is 5.74. The van der Waals surface area contributed by atoms with Crippen LogP contribution < -0.4 is 10.1 Å². The molecule has 0 unspecified atom stereocenters. The van der Waals surface area contributed by atoms with Gasteiger partial charge in [-0.2, -0.15) is 0 Å². The number of hydrogen-bond acceptors (Lipinski definition) is 3. The van der Waals surface area contributed by atoms with E-state index in [1.165, 1.54) is 0 Å². The molecular formula is C16H18N2O2. The number of nitrogens with one attached hydrogen (secondary N) is 1. The summed E-state index contributed by atoms with van der Waals surface area (Å²) in [5.74, 6) is 0.504. The standard InChI is InChI=1S/C16H18N2O2/c1-16(2,3)14-10-9-12(11-17-14)18-15(19)20-13-7-5-4-6-8-13/h4-11H,1-3H3,(H,18,19). The van der Waals surface area contributed by atoms with Crippen molar-refractivity contribution in [2.24, 2.45) is 0 Å². The molecule has 2 rings (SSSR count). The van der Waals surface area contributed by atoms with Crippen LogP contribution in [0.25, 0.3) is 0 Å². The van der Waals surface area contributed by atoms with Gasteiger partial charge in [-0.05, 0) is 24.3 Å². The highest BCUT2D eigenvalue weighted by Gasteiger charge is 2.15. The number of anilines is 1. The van der Waals surface area contributed by atoms with Crippen molar-refractivity contribution >= 4 is 11.8 Å². The van der Waals surface area contributed by atoms with Crippen molar-refractivity contribution in [3.8, 4) is 5.75 Å². The Morgan fingerprint density at radius 3 is 2.35 bits per heavy atom. The summed E-state index contributed by atoms with van der Waals surface area (Å²) < 4.78 is 5.14. The van der Waals surface area contributed by atoms with E-state index in [4.69, 9.17) is 4.74 Å². The van der Waals surface area contributed by atoms with Crippen LogP contribution in [0.1, 0.15) is 26.5 Å². The largest absolute Gasteiger partial charge is 0.417 e. The van der Waals surface area contributed by atoms with Gasteiger partial charge in [0, 0.05) is 11.1 Å². The third-order valence-electron chi connectivity index (χ3n) is 2.73. The maximum absolute atomic E-state index is 11.7. The van der Waals surface area contributed by atoms with Gasteiger partial charge in [0.05, 0.1) is 11.9 Å². The second-order valence-electron chi connectivity index (χ2n) is 5.51. The molecule has 0 aliphatic rings. The van der Waals surface area contributed by atoms with E-state index in [0.29, 0.717) is 11.4 Å². The van der Waals surface area contributed by atoms with Crippen LogP contribution in [0.3, 0.4) is 0 Å². The minimum atomic E-state index is -0.526. The van der Waals surface area contributed by atoms with Crippen molar-refractivity contribution in [2.75, 3.05) is 5.32 Å². The van der Waals surface area contributed by atoms with Crippen LogP contribution in [0.15, 0.2) is 48.7 Å². The normalized spacial score (nSPS) is 10.9. The van der Waals surface area contributed by atoms with Gasteiger partial charge in [-0.1, -0.05) is 39.0 Å². The predicted octanol–water partition coefficient (Wildman–Crippen LogP) is 3.99. The first-order valence-corrected chi connectivity index (χ1v) is 6.45. The van der Waals surface area contributed by atoms with Crippen LogP contribution in [-0.2, 0) is 5.41 Å². The molecule has 4 heteroatoms. The van der Waals surface area contributed by atoms with Gasteiger partial charge in [0.15, 0.2) is 0 Å². The molecule has 0 fully saturated rings. The number of carbonyl (C=O) groups excluding carboxylic acids is 1. The van der Waals surface area contributed by atoms with Gasteiger partial charge >= 0.3 is 6.09 Å². The van der Waals surface area contributed by atoms with Crippen molar-refractivity contribution < 1.29 is 9.53 Å². The Balaban J connectivity index is 1.98. The second-order valence-corrected chi connectivity index (χ2v) is 5.51. The van der Waals surface area contributed by atoms with Crippen molar-refractivity contribution in [1.29, 1.82) is 0 Å². The number of aromatic nitrogens is 1. The SMILES string of the molecule is CC(C)(C)c1ccc(NC(=O)Oc2ccccc2)cn1. The van der Waals surface area contributed by atoms with Gasteiger partial charge < -0.3 is 4.74 Å². The molecule has 1 N–H and O–H groups in total. The molecule has 1 amide bonds. The average Bonchev–Trinajstić information content (AvgIpc) is 2.39. The van der Waals surface area contributed by atoms with Crippen LogP contribution in [-0.4, -0.2) is 11.1 Å². The summed E-state index contributed by atoms with van der Waals surface area (Å²) in [6.45, 7) is 6.27. The molecule has 20 heavy (non-hydrogen) atoms. The van der Waals surface area contributed by atoms with E-state index in [9.17, 15) is 4.79 Å². The van der Waals surface area contributed by atoms with Crippen LogP contribution in [0, 0.1) is 0 Å². The Morgan fingerprint density at radius 1 is 1.10 bits per heavy atom. The Bertz CT molecular complexity index is 572. The fourth-order valence-electron chi connectivity index (χ4n) is 1.65. The van der Waals surface area contributed by atoms with Crippen molar-refractivity contribution in [2.45, 2.75) is 26.2 Å². The number of carbonyl (C=O) groups is 1. The highest BCUT2D eigenvalue weighted by atomic mass is 16.6. The van der Waals surface area contributed by atoms with Crippen LogP contribution >= 0.6 is 0 Å². The molecule has 104 valence electrons. The van der Waals surface area contributed by atoms with Crippen LogP contribution in [0.5, 0.6) is 5.75 Å². The fourth-order valence-corrected chi connectivity index (χ4v) is 1.65. The van der Waals surface area contributed by atoms with Gasteiger partial charge in [-0.3, -0.25) is 10.3 Å². The lowest BCUT2D eigenvalue weighted by atomic mass is 9.92. The van der Waals surface area contributed by atoms with Gasteiger partial charge in [0.1, 0.15) is 5.75 Å². The number of nitrogens with zero attached hydrogens (tertiary/aromatic N) is 1. The number of hydrogen-bond donors (Lipinski definition) is 1. The molecule has 0 radical (unpaired) electrons. The topological polar surface area (TPSA) is 51.2 Å². The number of amides is 1. The number of pyridine rings is 1. The maximum Gasteiger partial charge on any atom is 0.417 e. The average molecular weight is 270 g/mol.